The van der Waals surface area contributed by atoms with E-state index in [1.165, 1.54) is 24.4 Å². The Kier molecular flexibility index (Phi) is 8.66. The van der Waals surface area contributed by atoms with E-state index in [-0.39, 0.29) is 16.5 Å². The molecule has 14 nitrogen and oxygen atoms in total. The van der Waals surface area contributed by atoms with Crippen molar-refractivity contribution in [3.05, 3.63) is 118 Å². The zero-order valence-corrected chi connectivity index (χ0v) is 19.0. The molecule has 0 amide bonds. The molecule has 0 atom stereocenters. The lowest BCUT2D eigenvalue weighted by Crippen LogP contribution is -1.95. The van der Waals surface area contributed by atoms with Crippen LogP contribution in [0.5, 0.6) is 0 Å². The fourth-order valence-electron chi connectivity index (χ4n) is 2.45. The topological polar surface area (TPSA) is 187 Å². The van der Waals surface area contributed by atoms with Gasteiger partial charge in [0.25, 0.3) is 11.4 Å². The lowest BCUT2D eigenvalue weighted by molar-refractivity contribution is -0.385. The Balaban J connectivity index is 0.000000153. The van der Waals surface area contributed by atoms with Crippen molar-refractivity contribution in [3.63, 3.8) is 0 Å². The van der Waals surface area contributed by atoms with Gasteiger partial charge in [0, 0.05) is 36.9 Å². The number of pyridine rings is 3. The van der Waals surface area contributed by atoms with Crippen LogP contribution >= 0.6 is 11.6 Å². The maximum Gasteiger partial charge on any atom is 0.287 e. The van der Waals surface area contributed by atoms with Gasteiger partial charge in [0.05, 0.1) is 21.7 Å². The van der Waals surface area contributed by atoms with E-state index in [0.717, 1.165) is 12.0 Å². The lowest BCUT2D eigenvalue weighted by atomic mass is 10.4. The molecule has 0 spiro atoms. The second-order valence-electron chi connectivity index (χ2n) is 6.62. The van der Waals surface area contributed by atoms with Crippen LogP contribution in [-0.4, -0.2) is 43.9 Å². The summed E-state index contributed by atoms with van der Waals surface area (Å²) in [6.45, 7) is 0. The summed E-state index contributed by atoms with van der Waals surface area (Å²) in [6, 6.07) is 9.30. The molecule has 0 radical (unpaired) electrons. The standard InChI is InChI=1S/C8H6N4O2.C8H8N4.C5H3ClN2O2/c13-12(14)7-1-2-8(10-5-7)11-4-3-9-6-11;9-7-1-2-8(11-5-7)12-4-3-10-6-12;6-5-2-1-4(3-7-5)8(9)10/h1-6H;1-6H,9H2;1-3H. The third kappa shape index (κ3) is 7.39. The molecule has 0 aliphatic rings. The Morgan fingerprint density at radius 2 is 1.22 bits per heavy atom. The summed E-state index contributed by atoms with van der Waals surface area (Å²) in [7, 11) is 0. The zero-order valence-electron chi connectivity index (χ0n) is 18.3. The molecule has 5 heterocycles. The molecule has 0 unspecified atom stereocenters. The molecule has 0 bridgehead atoms. The minimum Gasteiger partial charge on any atom is -0.397 e. The average Bonchev–Trinajstić information content (AvgIpc) is 3.61. The number of rotatable bonds is 4. The minimum atomic E-state index is -0.524. The van der Waals surface area contributed by atoms with Crippen LogP contribution in [0.4, 0.5) is 17.1 Å². The molecule has 5 aromatic heterocycles. The SMILES string of the molecule is Nc1ccc(-n2ccnc2)nc1.O=[N+]([O-])c1ccc(-n2ccnc2)nc1.O=[N+]([O-])c1ccc(Cl)nc1. The van der Waals surface area contributed by atoms with Gasteiger partial charge >= 0.3 is 0 Å². The van der Waals surface area contributed by atoms with Crippen LogP contribution in [-0.2, 0) is 0 Å². The van der Waals surface area contributed by atoms with Gasteiger partial charge in [-0.2, -0.15) is 0 Å². The van der Waals surface area contributed by atoms with Crippen LogP contribution in [0.1, 0.15) is 0 Å². The first-order valence-corrected chi connectivity index (χ1v) is 10.3. The first-order chi connectivity index (χ1) is 17.3. The molecular formula is C21H17ClN10O4. The van der Waals surface area contributed by atoms with Gasteiger partial charge in [-0.25, -0.2) is 24.9 Å². The van der Waals surface area contributed by atoms with Gasteiger partial charge < -0.3 is 5.73 Å². The number of halogens is 1. The van der Waals surface area contributed by atoms with Crippen molar-refractivity contribution >= 4 is 28.7 Å². The highest BCUT2D eigenvalue weighted by Crippen LogP contribution is 2.12. The van der Waals surface area contributed by atoms with Gasteiger partial charge in [-0.05, 0) is 24.3 Å². The average molecular weight is 509 g/mol. The summed E-state index contributed by atoms with van der Waals surface area (Å²) in [5, 5.41) is 20.6. The van der Waals surface area contributed by atoms with Crippen LogP contribution in [0.15, 0.2) is 92.4 Å². The predicted molar refractivity (Wildman–Crippen MR) is 130 cm³/mol. The molecule has 0 aliphatic heterocycles. The van der Waals surface area contributed by atoms with E-state index < -0.39 is 9.85 Å². The van der Waals surface area contributed by atoms with E-state index >= 15 is 0 Å². The molecule has 0 fully saturated rings. The van der Waals surface area contributed by atoms with Crippen molar-refractivity contribution in [1.82, 2.24) is 34.1 Å². The van der Waals surface area contributed by atoms with Crippen molar-refractivity contribution in [2.24, 2.45) is 0 Å². The van der Waals surface area contributed by atoms with E-state index in [1.54, 1.807) is 48.1 Å². The molecule has 182 valence electrons. The van der Waals surface area contributed by atoms with E-state index in [1.807, 2.05) is 22.9 Å². The Morgan fingerprint density at radius 1 is 0.722 bits per heavy atom. The largest absolute Gasteiger partial charge is 0.397 e. The minimum absolute atomic E-state index is 0.0196. The number of anilines is 1. The molecular weight excluding hydrogens is 492 g/mol. The number of hydrogen-bond acceptors (Lipinski definition) is 10. The molecule has 0 aromatic carbocycles. The second kappa shape index (κ2) is 12.3. The summed E-state index contributed by atoms with van der Waals surface area (Å²) >= 11 is 5.38. The van der Waals surface area contributed by atoms with E-state index in [4.69, 9.17) is 17.3 Å². The van der Waals surface area contributed by atoms with Crippen LogP contribution in [0.25, 0.3) is 11.6 Å². The zero-order chi connectivity index (χ0) is 25.9. The number of hydrogen-bond donors (Lipinski definition) is 1. The molecule has 36 heavy (non-hydrogen) atoms. The van der Waals surface area contributed by atoms with Crippen LogP contribution in [0, 0.1) is 20.2 Å². The van der Waals surface area contributed by atoms with E-state index in [9.17, 15) is 20.2 Å². The molecule has 0 aliphatic carbocycles. The normalized spacial score (nSPS) is 9.81. The smallest absolute Gasteiger partial charge is 0.287 e. The number of nitrogens with zero attached hydrogens (tertiary/aromatic N) is 9. The molecule has 15 heteroatoms. The Morgan fingerprint density at radius 3 is 1.58 bits per heavy atom. The maximum atomic E-state index is 10.3. The number of nitrogens with two attached hydrogens (primary N) is 1. The van der Waals surface area contributed by atoms with Gasteiger partial charge in [0.2, 0.25) is 0 Å². The quantitative estimate of drug-likeness (QED) is 0.213. The summed E-state index contributed by atoms with van der Waals surface area (Å²) in [4.78, 5) is 38.7. The van der Waals surface area contributed by atoms with E-state index in [0.29, 0.717) is 11.5 Å². The predicted octanol–water partition coefficient (Wildman–Crippen LogP) is 3.67. The van der Waals surface area contributed by atoms with Crippen molar-refractivity contribution in [2.45, 2.75) is 0 Å². The van der Waals surface area contributed by atoms with Crippen LogP contribution in [0.3, 0.4) is 0 Å². The maximum absolute atomic E-state index is 10.3. The molecule has 5 aromatic rings. The monoisotopic (exact) mass is 508 g/mol. The highest BCUT2D eigenvalue weighted by Gasteiger charge is 2.05. The Labute approximate surface area is 208 Å². The van der Waals surface area contributed by atoms with Crippen LogP contribution in [0.2, 0.25) is 5.15 Å². The van der Waals surface area contributed by atoms with E-state index in [2.05, 4.69) is 24.9 Å². The van der Waals surface area contributed by atoms with Gasteiger partial charge in [-0.3, -0.25) is 29.4 Å². The third-order valence-electron chi connectivity index (χ3n) is 4.17. The first-order valence-electron chi connectivity index (χ1n) is 9.88. The highest BCUT2D eigenvalue weighted by molar-refractivity contribution is 6.29. The van der Waals surface area contributed by atoms with Crippen molar-refractivity contribution in [3.8, 4) is 11.6 Å². The number of imidazole rings is 2. The molecule has 0 saturated heterocycles. The Hall–Kier alpha value is -5.24. The van der Waals surface area contributed by atoms with Crippen LogP contribution < -0.4 is 5.73 Å². The van der Waals surface area contributed by atoms with Gasteiger partial charge in [-0.1, -0.05) is 11.6 Å². The fraction of sp³-hybridized carbons (Fsp3) is 0. The van der Waals surface area contributed by atoms with Gasteiger partial charge in [0.1, 0.15) is 41.8 Å². The summed E-state index contributed by atoms with van der Waals surface area (Å²) in [5.74, 6) is 1.43. The summed E-state index contributed by atoms with van der Waals surface area (Å²) in [6.07, 6.45) is 14.1. The first kappa shape index (κ1) is 25.4. The molecule has 2 N–H and O–H groups in total. The molecule has 5 rings (SSSR count). The highest BCUT2D eigenvalue weighted by atomic mass is 35.5. The Bertz CT molecular complexity index is 1380. The number of nitro groups is 2. The third-order valence-corrected chi connectivity index (χ3v) is 4.40. The van der Waals surface area contributed by atoms with Gasteiger partial charge in [-0.15, -0.1) is 0 Å². The summed E-state index contributed by atoms with van der Waals surface area (Å²) in [5.41, 5.74) is 6.09. The van der Waals surface area contributed by atoms with Crippen molar-refractivity contribution < 1.29 is 9.85 Å². The summed E-state index contributed by atoms with van der Waals surface area (Å²) < 4.78 is 3.49. The molecule has 0 saturated carbocycles. The second-order valence-corrected chi connectivity index (χ2v) is 7.00. The number of nitrogen functional groups attached to an aromatic ring is 1. The number of aromatic nitrogens is 7. The lowest BCUT2D eigenvalue weighted by Gasteiger charge is -1.99. The fourth-order valence-corrected chi connectivity index (χ4v) is 2.57. The van der Waals surface area contributed by atoms with Gasteiger partial charge in [0.15, 0.2) is 0 Å². The van der Waals surface area contributed by atoms with Crippen molar-refractivity contribution in [1.29, 1.82) is 0 Å². The van der Waals surface area contributed by atoms with Crippen molar-refractivity contribution in [2.75, 3.05) is 5.73 Å².